The Kier molecular flexibility index (Phi) is 6.26. The second-order valence-electron chi connectivity index (χ2n) is 3.94. The Morgan fingerprint density at radius 1 is 1.32 bits per heavy atom. The van der Waals surface area contributed by atoms with E-state index in [4.69, 9.17) is 30.7 Å². The maximum atomic E-state index is 11.0. The molecule has 0 heterocycles. The number of hydrogen-bond donors (Lipinski definition) is 7. The molecule has 0 aliphatic heterocycles. The minimum Gasteiger partial charge on any atom is -0.364 e. The lowest BCUT2D eigenvalue weighted by molar-refractivity contribution is 0.167. The van der Waals surface area contributed by atoms with Crippen molar-refractivity contribution < 1.29 is 33.8 Å². The van der Waals surface area contributed by atoms with Crippen molar-refractivity contribution in [1.29, 1.82) is 5.41 Å². The molecule has 0 bridgehead atoms. The van der Waals surface area contributed by atoms with Gasteiger partial charge in [0.2, 0.25) is 0 Å². The molecule has 0 aliphatic rings. The number of rotatable bonds is 7. The molecule has 0 rings (SSSR count). The third kappa shape index (κ3) is 4.59. The molecule has 11 heteroatoms. The lowest BCUT2D eigenvalue weighted by Gasteiger charge is -2.26. The van der Waals surface area contributed by atoms with Gasteiger partial charge >= 0.3 is 15.2 Å². The minimum atomic E-state index is -5.53. The largest absolute Gasteiger partial charge is 0.373 e. The van der Waals surface area contributed by atoms with Crippen LogP contribution < -0.4 is 5.73 Å². The van der Waals surface area contributed by atoms with Crippen LogP contribution in [0.25, 0.3) is 0 Å². The summed E-state index contributed by atoms with van der Waals surface area (Å²) < 4.78 is 22.0. The van der Waals surface area contributed by atoms with Crippen LogP contribution in [0.5, 0.6) is 0 Å². The topological polar surface area (TPSA) is 185 Å². The fraction of sp³-hybridized carbons (Fsp3) is 0.625. The van der Waals surface area contributed by atoms with Crippen molar-refractivity contribution in [2.45, 2.75) is 30.9 Å². The van der Waals surface area contributed by atoms with E-state index in [9.17, 15) is 14.2 Å². The normalized spacial score (nSPS) is 15.7. The first-order chi connectivity index (χ1) is 8.37. The van der Waals surface area contributed by atoms with Gasteiger partial charge in [0.25, 0.3) is 5.08 Å². The van der Waals surface area contributed by atoms with Crippen LogP contribution in [0.4, 0.5) is 0 Å². The Labute approximate surface area is 110 Å². The van der Waals surface area contributed by atoms with E-state index >= 15 is 0 Å². The molecule has 112 valence electrons. The predicted molar refractivity (Wildman–Crippen MR) is 68.8 cm³/mol. The predicted octanol–water partition coefficient (Wildman–Crippen LogP) is -0.309. The molecule has 0 aliphatic carbocycles. The van der Waals surface area contributed by atoms with Crippen molar-refractivity contribution in [2.75, 3.05) is 0 Å². The quantitative estimate of drug-likeness (QED) is 0.189. The van der Waals surface area contributed by atoms with E-state index in [2.05, 4.69) is 0 Å². The van der Waals surface area contributed by atoms with Crippen LogP contribution in [0.2, 0.25) is 0 Å². The van der Waals surface area contributed by atoms with Gasteiger partial charge in [-0.05, 0) is 12.5 Å². The molecule has 0 aromatic rings. The molecule has 1 unspecified atom stereocenters. The Bertz CT molecular complexity index is 430. The summed E-state index contributed by atoms with van der Waals surface area (Å²) in [6.07, 6.45) is 1.98. The van der Waals surface area contributed by atoms with Gasteiger partial charge in [0.15, 0.2) is 0 Å². The van der Waals surface area contributed by atoms with Crippen LogP contribution in [0.3, 0.4) is 0 Å². The van der Waals surface area contributed by atoms with E-state index < -0.39 is 26.3 Å². The van der Waals surface area contributed by atoms with Crippen LogP contribution in [-0.2, 0) is 9.13 Å². The standard InChI is InChI=1S/C8H18N2O7P2/c1-2-3-6(9)7(10)4-5-8(11,18(12,13)14)19(15,16)17/h4-5,7,9,11H,2-3,10H2,1H3,(H2,12,13,14)(H2,15,16,17). The third-order valence-electron chi connectivity index (χ3n) is 2.31. The van der Waals surface area contributed by atoms with Crippen LogP contribution in [-0.4, -0.2) is 41.5 Å². The molecule has 0 aromatic heterocycles. The highest BCUT2D eigenvalue weighted by molar-refractivity contribution is 7.72. The number of aliphatic hydroxyl groups is 1. The van der Waals surface area contributed by atoms with Gasteiger partial charge in [-0.15, -0.1) is 0 Å². The lowest BCUT2D eigenvalue weighted by atomic mass is 10.1. The second-order valence-corrected chi connectivity index (χ2v) is 7.83. The summed E-state index contributed by atoms with van der Waals surface area (Å²) in [6.45, 7) is 1.78. The van der Waals surface area contributed by atoms with Gasteiger partial charge < -0.3 is 35.8 Å². The molecule has 0 saturated carbocycles. The molecule has 1 atom stereocenters. The smallest absolute Gasteiger partial charge is 0.364 e. The van der Waals surface area contributed by atoms with E-state index in [0.717, 1.165) is 6.08 Å². The zero-order valence-electron chi connectivity index (χ0n) is 10.2. The molecular formula is C8H18N2O7P2. The maximum absolute atomic E-state index is 11.0. The van der Waals surface area contributed by atoms with Crippen molar-refractivity contribution in [3.05, 3.63) is 12.2 Å². The van der Waals surface area contributed by atoms with E-state index in [0.29, 0.717) is 12.8 Å². The molecule has 0 spiro atoms. The molecule has 0 aromatic carbocycles. The van der Waals surface area contributed by atoms with Crippen LogP contribution in [0.15, 0.2) is 12.2 Å². The van der Waals surface area contributed by atoms with E-state index in [1.807, 2.05) is 0 Å². The summed E-state index contributed by atoms with van der Waals surface area (Å²) >= 11 is 0. The first-order valence-corrected chi connectivity index (χ1v) is 8.45. The van der Waals surface area contributed by atoms with Crippen molar-refractivity contribution in [2.24, 2.45) is 5.73 Å². The van der Waals surface area contributed by atoms with Crippen LogP contribution in [0.1, 0.15) is 19.8 Å². The highest BCUT2D eigenvalue weighted by Crippen LogP contribution is 2.68. The SMILES string of the molecule is CCCC(=N)C(N)C=CC(O)(P(=O)(O)O)P(=O)(O)O. The van der Waals surface area contributed by atoms with Gasteiger partial charge in [-0.2, -0.15) is 0 Å². The van der Waals surface area contributed by atoms with Gasteiger partial charge in [-0.1, -0.05) is 19.4 Å². The summed E-state index contributed by atoms with van der Waals surface area (Å²) in [5.41, 5.74) is 5.48. The number of hydrogen-bond acceptors (Lipinski definition) is 5. The Morgan fingerprint density at radius 3 is 2.05 bits per heavy atom. The highest BCUT2D eigenvalue weighted by atomic mass is 31.2. The fourth-order valence-corrected chi connectivity index (χ4v) is 3.07. The maximum Gasteiger partial charge on any atom is 0.373 e. The second kappa shape index (κ2) is 6.39. The Morgan fingerprint density at radius 2 is 1.74 bits per heavy atom. The zero-order valence-corrected chi connectivity index (χ0v) is 12.0. The van der Waals surface area contributed by atoms with Crippen molar-refractivity contribution in [3.63, 3.8) is 0 Å². The monoisotopic (exact) mass is 316 g/mol. The first-order valence-electron chi connectivity index (χ1n) is 5.22. The minimum absolute atomic E-state index is 0.0116. The van der Waals surface area contributed by atoms with Gasteiger partial charge in [-0.3, -0.25) is 9.13 Å². The highest BCUT2D eigenvalue weighted by Gasteiger charge is 2.57. The molecule has 0 fully saturated rings. The Balaban J connectivity index is 5.34. The summed E-state index contributed by atoms with van der Waals surface area (Å²) in [6, 6.07) is -1.09. The molecule has 0 saturated heterocycles. The van der Waals surface area contributed by atoms with Crippen molar-refractivity contribution in [1.82, 2.24) is 0 Å². The van der Waals surface area contributed by atoms with Crippen LogP contribution in [0, 0.1) is 5.41 Å². The zero-order chi connectivity index (χ0) is 15.5. The van der Waals surface area contributed by atoms with E-state index in [-0.39, 0.29) is 11.8 Å². The third-order valence-corrected chi connectivity index (χ3v) is 5.88. The molecule has 19 heavy (non-hydrogen) atoms. The fourth-order valence-electron chi connectivity index (χ4n) is 1.15. The lowest BCUT2D eigenvalue weighted by Crippen LogP contribution is -2.31. The molecular weight excluding hydrogens is 298 g/mol. The average molecular weight is 316 g/mol. The van der Waals surface area contributed by atoms with Gasteiger partial charge in [0.05, 0.1) is 6.04 Å². The van der Waals surface area contributed by atoms with Crippen molar-refractivity contribution >= 4 is 20.9 Å². The van der Waals surface area contributed by atoms with Gasteiger partial charge in [0.1, 0.15) is 0 Å². The van der Waals surface area contributed by atoms with E-state index in [1.54, 1.807) is 6.92 Å². The first kappa shape index (κ1) is 18.6. The summed E-state index contributed by atoms with van der Waals surface area (Å²) in [5.74, 6) is 0. The summed E-state index contributed by atoms with van der Waals surface area (Å²) in [5, 5.41) is 13.3. The summed E-state index contributed by atoms with van der Waals surface area (Å²) in [4.78, 5) is 35.4. The van der Waals surface area contributed by atoms with Crippen molar-refractivity contribution in [3.8, 4) is 0 Å². The number of nitrogens with one attached hydrogen (secondary N) is 1. The van der Waals surface area contributed by atoms with E-state index in [1.165, 1.54) is 0 Å². The Hall–Kier alpha value is -0.370. The summed E-state index contributed by atoms with van der Waals surface area (Å²) in [7, 11) is -11.1. The van der Waals surface area contributed by atoms with Crippen LogP contribution >= 0.6 is 15.2 Å². The molecule has 9 nitrogen and oxygen atoms in total. The average Bonchev–Trinajstić information content (AvgIpc) is 2.22. The van der Waals surface area contributed by atoms with Gasteiger partial charge in [-0.25, -0.2) is 0 Å². The van der Waals surface area contributed by atoms with Gasteiger partial charge in [0, 0.05) is 5.71 Å². The molecule has 0 amide bonds. The molecule has 8 N–H and O–H groups in total. The molecule has 0 radical (unpaired) electrons. The number of nitrogens with two attached hydrogens (primary N) is 1.